The van der Waals surface area contributed by atoms with E-state index in [1.165, 1.54) is 0 Å². The van der Waals surface area contributed by atoms with Crippen molar-refractivity contribution in [1.29, 1.82) is 0 Å². The molecule has 0 spiro atoms. The lowest BCUT2D eigenvalue weighted by atomic mass is 9.85. The third-order valence-electron chi connectivity index (χ3n) is 3.53. The van der Waals surface area contributed by atoms with Gasteiger partial charge in [0.15, 0.2) is 0 Å². The van der Waals surface area contributed by atoms with Gasteiger partial charge in [0.1, 0.15) is 0 Å². The smallest absolute Gasteiger partial charge is 0.218 e. The summed E-state index contributed by atoms with van der Waals surface area (Å²) in [5.74, 6) is 0.773. The third kappa shape index (κ3) is 3.29. The number of aromatic nitrogens is 2. The number of hydrogen-bond donors (Lipinski definition) is 1. The maximum absolute atomic E-state index is 10.7. The lowest BCUT2D eigenvalue weighted by molar-refractivity contribution is 0.413. The van der Waals surface area contributed by atoms with E-state index in [1.807, 2.05) is 31.2 Å². The molecule has 1 aromatic heterocycles. The highest BCUT2D eigenvalue weighted by molar-refractivity contribution is 5.45. The van der Waals surface area contributed by atoms with Crippen LogP contribution in [0.2, 0.25) is 0 Å². The van der Waals surface area contributed by atoms with Gasteiger partial charge in [-0.25, -0.2) is 4.68 Å². The van der Waals surface area contributed by atoms with E-state index in [2.05, 4.69) is 34.6 Å². The molecular weight excluding hydrogens is 260 g/mol. The van der Waals surface area contributed by atoms with Gasteiger partial charge in [0.05, 0.1) is 11.4 Å². The molecule has 0 fully saturated rings. The van der Waals surface area contributed by atoms with Crippen molar-refractivity contribution >= 4 is 0 Å². The summed E-state index contributed by atoms with van der Waals surface area (Å²) in [6.07, 6.45) is 0.874. The molecule has 0 aliphatic carbocycles. The molecule has 0 aliphatic heterocycles. The first-order valence-electron chi connectivity index (χ1n) is 7.58. The van der Waals surface area contributed by atoms with Gasteiger partial charge in [-0.15, -0.1) is 0 Å². The van der Waals surface area contributed by atoms with Gasteiger partial charge >= 0.3 is 0 Å². The van der Waals surface area contributed by atoms with Crippen molar-refractivity contribution in [2.45, 2.75) is 53.4 Å². The number of hydrogen-bond acceptors (Lipinski definition) is 2. The number of benzene rings is 1. The lowest BCUT2D eigenvalue weighted by Gasteiger charge is -2.19. The topological polar surface area (TPSA) is 38.0 Å². The zero-order chi connectivity index (χ0) is 15.8. The summed E-state index contributed by atoms with van der Waals surface area (Å²) in [7, 11) is 0. The number of rotatable bonds is 3. The summed E-state index contributed by atoms with van der Waals surface area (Å²) in [6, 6.07) is 8.05. The summed E-state index contributed by atoms with van der Waals surface area (Å²) in [4.78, 5) is 0. The predicted molar refractivity (Wildman–Crippen MR) is 87.2 cm³/mol. The number of aryl methyl sites for hydroxylation is 1. The van der Waals surface area contributed by atoms with Crippen molar-refractivity contribution in [3.63, 3.8) is 0 Å². The molecule has 3 heteroatoms. The zero-order valence-corrected chi connectivity index (χ0v) is 13.9. The van der Waals surface area contributed by atoms with Crippen molar-refractivity contribution in [3.8, 4) is 11.6 Å². The van der Waals surface area contributed by atoms with Crippen LogP contribution in [0.1, 0.15) is 51.4 Å². The molecule has 1 heterocycles. The summed E-state index contributed by atoms with van der Waals surface area (Å²) >= 11 is 0. The van der Waals surface area contributed by atoms with Crippen LogP contribution >= 0.6 is 0 Å². The van der Waals surface area contributed by atoms with Crippen LogP contribution in [0.3, 0.4) is 0 Å². The second-order valence-corrected chi connectivity index (χ2v) is 7.24. The molecule has 3 nitrogen and oxygen atoms in total. The van der Waals surface area contributed by atoms with Crippen molar-refractivity contribution in [1.82, 2.24) is 9.78 Å². The molecular formula is C18H26N2O. The van der Waals surface area contributed by atoms with Crippen LogP contribution in [0, 0.1) is 12.8 Å². The SMILES string of the molecule is Cc1cccc(-n2nc(CC(C)C)c(C(C)(C)C)c2O)c1. The van der Waals surface area contributed by atoms with Crippen LogP contribution in [0.4, 0.5) is 0 Å². The van der Waals surface area contributed by atoms with Gasteiger partial charge in [0.2, 0.25) is 5.88 Å². The van der Waals surface area contributed by atoms with Crippen LogP contribution in [0.25, 0.3) is 5.69 Å². The van der Waals surface area contributed by atoms with Gasteiger partial charge < -0.3 is 5.11 Å². The van der Waals surface area contributed by atoms with Crippen LogP contribution < -0.4 is 0 Å². The molecule has 0 saturated carbocycles. The van der Waals surface area contributed by atoms with E-state index in [0.717, 1.165) is 28.9 Å². The Balaban J connectivity index is 2.61. The van der Waals surface area contributed by atoms with Crippen LogP contribution in [0.15, 0.2) is 24.3 Å². The minimum absolute atomic E-state index is 0.129. The molecule has 0 radical (unpaired) electrons. The molecule has 0 amide bonds. The normalized spacial score (nSPS) is 12.1. The minimum Gasteiger partial charge on any atom is -0.493 e. The van der Waals surface area contributed by atoms with Gasteiger partial charge in [0, 0.05) is 5.56 Å². The molecule has 1 aromatic carbocycles. The van der Waals surface area contributed by atoms with Gasteiger partial charge in [-0.1, -0.05) is 46.8 Å². The fourth-order valence-corrected chi connectivity index (χ4v) is 2.69. The fourth-order valence-electron chi connectivity index (χ4n) is 2.69. The zero-order valence-electron chi connectivity index (χ0n) is 13.9. The lowest BCUT2D eigenvalue weighted by Crippen LogP contribution is -2.14. The summed E-state index contributed by atoms with van der Waals surface area (Å²) in [5.41, 5.74) is 3.89. The molecule has 0 bridgehead atoms. The average Bonchev–Trinajstić information content (AvgIpc) is 2.64. The van der Waals surface area contributed by atoms with Crippen LogP contribution in [-0.2, 0) is 11.8 Å². The Morgan fingerprint density at radius 3 is 2.43 bits per heavy atom. The Kier molecular flexibility index (Phi) is 4.13. The van der Waals surface area contributed by atoms with Crippen molar-refractivity contribution in [2.75, 3.05) is 0 Å². The largest absolute Gasteiger partial charge is 0.493 e. The molecule has 21 heavy (non-hydrogen) atoms. The van der Waals surface area contributed by atoms with E-state index >= 15 is 0 Å². The van der Waals surface area contributed by atoms with Crippen molar-refractivity contribution < 1.29 is 5.11 Å². The maximum Gasteiger partial charge on any atom is 0.218 e. The quantitative estimate of drug-likeness (QED) is 0.909. The van der Waals surface area contributed by atoms with Crippen LogP contribution in [0.5, 0.6) is 5.88 Å². The van der Waals surface area contributed by atoms with Gasteiger partial charge in [-0.3, -0.25) is 0 Å². The molecule has 2 aromatic rings. The molecule has 0 unspecified atom stereocenters. The van der Waals surface area contributed by atoms with Gasteiger partial charge in [0.25, 0.3) is 0 Å². The molecule has 1 N–H and O–H groups in total. The monoisotopic (exact) mass is 286 g/mol. The first-order valence-corrected chi connectivity index (χ1v) is 7.58. The average molecular weight is 286 g/mol. The standard InChI is InChI=1S/C18H26N2O/c1-12(2)10-15-16(18(4,5)6)17(21)20(19-15)14-9-7-8-13(3)11-14/h7-9,11-12,21H,10H2,1-6H3. The molecule has 114 valence electrons. The first-order chi connectivity index (χ1) is 9.70. The highest BCUT2D eigenvalue weighted by Gasteiger charge is 2.28. The Morgan fingerprint density at radius 1 is 1.24 bits per heavy atom. The highest BCUT2D eigenvalue weighted by Crippen LogP contribution is 2.36. The van der Waals surface area contributed by atoms with Gasteiger partial charge in [-0.05, 0) is 42.4 Å². The van der Waals surface area contributed by atoms with E-state index in [0.29, 0.717) is 5.92 Å². The second kappa shape index (κ2) is 5.55. The molecule has 2 rings (SSSR count). The summed E-state index contributed by atoms with van der Waals surface area (Å²) in [5, 5.41) is 15.4. The Bertz CT molecular complexity index is 633. The Labute approximate surface area is 127 Å². The minimum atomic E-state index is -0.129. The summed E-state index contributed by atoms with van der Waals surface area (Å²) < 4.78 is 1.67. The number of nitrogens with zero attached hydrogens (tertiary/aromatic N) is 2. The maximum atomic E-state index is 10.7. The molecule has 0 aliphatic rings. The summed E-state index contributed by atoms with van der Waals surface area (Å²) in [6.45, 7) is 12.8. The Hall–Kier alpha value is -1.77. The van der Waals surface area contributed by atoms with E-state index in [1.54, 1.807) is 4.68 Å². The fraction of sp³-hybridized carbons (Fsp3) is 0.500. The third-order valence-corrected chi connectivity index (χ3v) is 3.53. The number of aromatic hydroxyl groups is 1. The molecule has 0 saturated heterocycles. The molecule has 0 atom stereocenters. The predicted octanol–water partition coefficient (Wildman–Crippen LogP) is 4.38. The van der Waals surface area contributed by atoms with E-state index in [9.17, 15) is 5.11 Å². The van der Waals surface area contributed by atoms with E-state index < -0.39 is 0 Å². The second-order valence-electron chi connectivity index (χ2n) is 7.24. The van der Waals surface area contributed by atoms with Crippen molar-refractivity contribution in [3.05, 3.63) is 41.1 Å². The van der Waals surface area contributed by atoms with Crippen LogP contribution in [-0.4, -0.2) is 14.9 Å². The van der Waals surface area contributed by atoms with Crippen molar-refractivity contribution in [2.24, 2.45) is 5.92 Å². The van der Waals surface area contributed by atoms with Gasteiger partial charge in [-0.2, -0.15) is 5.10 Å². The Morgan fingerprint density at radius 2 is 1.90 bits per heavy atom. The van der Waals surface area contributed by atoms with E-state index in [-0.39, 0.29) is 11.3 Å². The highest BCUT2D eigenvalue weighted by atomic mass is 16.3. The van der Waals surface area contributed by atoms with E-state index in [4.69, 9.17) is 5.10 Å². The first kappa shape index (κ1) is 15.6.